The highest BCUT2D eigenvalue weighted by atomic mass is 31.2. The molecular weight excluding hydrogens is 469 g/mol. The first-order valence-electron chi connectivity index (χ1n) is 15.9. The number of nitrogens with zero attached hydrogens (tertiary/aromatic N) is 1. The fourth-order valence-electron chi connectivity index (χ4n) is 4.96. The number of hydrogen-bond acceptors (Lipinski definition) is 3. The predicted octanol–water partition coefficient (Wildman–Crippen LogP) is 9.80. The van der Waals surface area contributed by atoms with Crippen molar-refractivity contribution < 1.29 is 18.9 Å². The Hall–Kier alpha value is 0.0700. The highest BCUT2D eigenvalue weighted by molar-refractivity contribution is 7.46. The lowest BCUT2D eigenvalue weighted by Gasteiger charge is -2.22. The van der Waals surface area contributed by atoms with Gasteiger partial charge in [0, 0.05) is 0 Å². The minimum atomic E-state index is -4.29. The van der Waals surface area contributed by atoms with E-state index in [-0.39, 0.29) is 6.61 Å². The van der Waals surface area contributed by atoms with Crippen molar-refractivity contribution in [3.05, 3.63) is 0 Å². The number of hydrogen-bond donors (Lipinski definition) is 2. The van der Waals surface area contributed by atoms with Crippen LogP contribution >= 0.6 is 7.82 Å². The molecule has 0 aromatic carbocycles. The van der Waals surface area contributed by atoms with E-state index >= 15 is 0 Å². The fourth-order valence-corrected chi connectivity index (χ4v) is 5.32. The third-order valence-electron chi connectivity index (χ3n) is 7.28. The van der Waals surface area contributed by atoms with Gasteiger partial charge in [0.15, 0.2) is 0 Å². The second-order valence-electron chi connectivity index (χ2n) is 10.9. The third-order valence-corrected chi connectivity index (χ3v) is 7.80. The van der Waals surface area contributed by atoms with Crippen LogP contribution in [0, 0.1) is 0 Å². The van der Waals surface area contributed by atoms with Gasteiger partial charge in [0.05, 0.1) is 6.61 Å². The molecule has 0 spiro atoms. The standard InChI is InChI=1S/C30H64NO4P/c1-3-5-7-9-11-13-15-19-23-27-31(28-24-20-16-14-12-10-8-6-4-2)29-25-21-17-18-22-26-30-35-36(32,33)34/h3-30H2,1-2H3,(H2,32,33,34). The highest BCUT2D eigenvalue weighted by Gasteiger charge is 2.12. The van der Waals surface area contributed by atoms with Gasteiger partial charge in [-0.2, -0.15) is 0 Å². The lowest BCUT2D eigenvalue weighted by molar-refractivity contribution is 0.193. The van der Waals surface area contributed by atoms with Crippen LogP contribution in [0.2, 0.25) is 0 Å². The van der Waals surface area contributed by atoms with Gasteiger partial charge in [0.25, 0.3) is 0 Å². The summed E-state index contributed by atoms with van der Waals surface area (Å²) in [5, 5.41) is 0. The first kappa shape index (κ1) is 36.1. The maximum absolute atomic E-state index is 10.7. The van der Waals surface area contributed by atoms with Gasteiger partial charge in [-0.3, -0.25) is 4.52 Å². The summed E-state index contributed by atoms with van der Waals surface area (Å²) in [7, 11) is -4.29. The Balaban J connectivity index is 3.91. The zero-order valence-electron chi connectivity index (χ0n) is 24.4. The summed E-state index contributed by atoms with van der Waals surface area (Å²) in [6.45, 7) is 8.51. The second-order valence-corrected chi connectivity index (χ2v) is 12.2. The van der Waals surface area contributed by atoms with Gasteiger partial charge in [-0.05, 0) is 45.3 Å². The molecule has 218 valence electrons. The van der Waals surface area contributed by atoms with Crippen LogP contribution < -0.4 is 0 Å². The molecule has 5 nitrogen and oxygen atoms in total. The van der Waals surface area contributed by atoms with E-state index < -0.39 is 7.82 Å². The molecule has 0 saturated carbocycles. The zero-order valence-corrected chi connectivity index (χ0v) is 25.3. The smallest absolute Gasteiger partial charge is 0.303 e. The van der Waals surface area contributed by atoms with E-state index in [4.69, 9.17) is 9.79 Å². The lowest BCUT2D eigenvalue weighted by atomic mass is 10.1. The minimum Gasteiger partial charge on any atom is -0.303 e. The Morgan fingerprint density at radius 1 is 0.472 bits per heavy atom. The van der Waals surface area contributed by atoms with Crippen molar-refractivity contribution in [2.75, 3.05) is 26.2 Å². The van der Waals surface area contributed by atoms with Crippen molar-refractivity contribution in [2.24, 2.45) is 0 Å². The van der Waals surface area contributed by atoms with Gasteiger partial charge in [0.2, 0.25) is 0 Å². The van der Waals surface area contributed by atoms with Crippen LogP contribution in [0.15, 0.2) is 0 Å². The van der Waals surface area contributed by atoms with Crippen LogP contribution in [0.4, 0.5) is 0 Å². The Labute approximate surface area is 225 Å². The van der Waals surface area contributed by atoms with Crippen LogP contribution in [0.3, 0.4) is 0 Å². The van der Waals surface area contributed by atoms with Crippen molar-refractivity contribution in [3.8, 4) is 0 Å². The third kappa shape index (κ3) is 30.3. The van der Waals surface area contributed by atoms with Gasteiger partial charge in [-0.25, -0.2) is 4.57 Å². The van der Waals surface area contributed by atoms with Crippen LogP contribution in [0.1, 0.15) is 168 Å². The summed E-state index contributed by atoms with van der Waals surface area (Å²) in [4.78, 5) is 20.2. The summed E-state index contributed by atoms with van der Waals surface area (Å²) < 4.78 is 15.2. The highest BCUT2D eigenvalue weighted by Crippen LogP contribution is 2.35. The molecule has 0 heterocycles. The summed E-state index contributed by atoms with van der Waals surface area (Å²) in [5.74, 6) is 0. The van der Waals surface area contributed by atoms with E-state index in [9.17, 15) is 4.57 Å². The van der Waals surface area contributed by atoms with E-state index in [2.05, 4.69) is 23.3 Å². The Bertz CT molecular complexity index is 450. The average Bonchev–Trinajstić information content (AvgIpc) is 2.84. The van der Waals surface area contributed by atoms with Gasteiger partial charge in [-0.15, -0.1) is 0 Å². The van der Waals surface area contributed by atoms with Gasteiger partial charge in [0.1, 0.15) is 0 Å². The van der Waals surface area contributed by atoms with Crippen molar-refractivity contribution in [3.63, 3.8) is 0 Å². The molecule has 2 N–H and O–H groups in total. The van der Waals surface area contributed by atoms with Crippen LogP contribution in [0.25, 0.3) is 0 Å². The van der Waals surface area contributed by atoms with E-state index in [0.717, 1.165) is 19.3 Å². The molecule has 0 saturated heterocycles. The molecule has 0 aromatic heterocycles. The molecule has 0 bridgehead atoms. The number of unbranched alkanes of at least 4 members (excludes halogenated alkanes) is 21. The summed E-state index contributed by atoms with van der Waals surface area (Å²) in [5.41, 5.74) is 0. The Morgan fingerprint density at radius 3 is 1.06 bits per heavy atom. The predicted molar refractivity (Wildman–Crippen MR) is 157 cm³/mol. The molecule has 0 atom stereocenters. The van der Waals surface area contributed by atoms with Crippen LogP contribution in [0.5, 0.6) is 0 Å². The molecule has 0 rings (SSSR count). The number of rotatable bonds is 30. The molecule has 0 unspecified atom stereocenters. The largest absolute Gasteiger partial charge is 0.469 e. The van der Waals surface area contributed by atoms with Gasteiger partial charge in [-0.1, -0.05) is 142 Å². The lowest BCUT2D eigenvalue weighted by Crippen LogP contribution is -2.27. The molecule has 0 aliphatic carbocycles. The van der Waals surface area contributed by atoms with Crippen molar-refractivity contribution in [1.29, 1.82) is 0 Å². The summed E-state index contributed by atoms with van der Waals surface area (Å²) in [6, 6.07) is 0. The normalized spacial score (nSPS) is 12.1. The minimum absolute atomic E-state index is 0.162. The second kappa shape index (κ2) is 28.1. The van der Waals surface area contributed by atoms with Crippen molar-refractivity contribution in [1.82, 2.24) is 4.90 Å². The van der Waals surface area contributed by atoms with E-state index in [1.807, 2.05) is 0 Å². The van der Waals surface area contributed by atoms with E-state index in [1.54, 1.807) is 0 Å². The molecule has 0 fully saturated rings. The fraction of sp³-hybridized carbons (Fsp3) is 1.00. The van der Waals surface area contributed by atoms with E-state index in [0.29, 0.717) is 0 Å². The van der Waals surface area contributed by atoms with Crippen LogP contribution in [-0.4, -0.2) is 40.9 Å². The van der Waals surface area contributed by atoms with Gasteiger partial charge >= 0.3 is 7.82 Å². The maximum atomic E-state index is 10.7. The molecule has 0 aromatic rings. The Kier molecular flexibility index (Phi) is 28.1. The SMILES string of the molecule is CCCCCCCCCCCN(CCCCCCCCCCC)CCCCCCCCOP(=O)(O)O. The molecule has 36 heavy (non-hydrogen) atoms. The number of phosphoric ester groups is 1. The molecule has 0 radical (unpaired) electrons. The molecular formula is C30H64NO4P. The first-order valence-corrected chi connectivity index (χ1v) is 17.4. The topological polar surface area (TPSA) is 70.0 Å². The molecule has 0 aliphatic rings. The molecule has 0 aliphatic heterocycles. The van der Waals surface area contributed by atoms with Crippen molar-refractivity contribution >= 4 is 7.82 Å². The molecule has 6 heteroatoms. The first-order chi connectivity index (χ1) is 17.5. The van der Waals surface area contributed by atoms with Crippen LogP contribution in [-0.2, 0) is 9.09 Å². The van der Waals surface area contributed by atoms with Gasteiger partial charge < -0.3 is 14.7 Å². The molecule has 0 amide bonds. The maximum Gasteiger partial charge on any atom is 0.469 e. The van der Waals surface area contributed by atoms with E-state index in [1.165, 1.54) is 154 Å². The summed E-state index contributed by atoms with van der Waals surface area (Å²) in [6.07, 6.45) is 31.7. The monoisotopic (exact) mass is 533 g/mol. The Morgan fingerprint density at radius 2 is 0.750 bits per heavy atom. The quantitative estimate of drug-likeness (QED) is 0.0710. The summed E-state index contributed by atoms with van der Waals surface area (Å²) >= 11 is 0. The zero-order chi connectivity index (χ0) is 26.6. The average molecular weight is 534 g/mol. The van der Waals surface area contributed by atoms with Crippen molar-refractivity contribution in [2.45, 2.75) is 168 Å². The number of phosphoric acid groups is 1.